The first-order valence-electron chi connectivity index (χ1n) is 7.42. The third-order valence-corrected chi connectivity index (χ3v) is 4.06. The monoisotopic (exact) mass is 364 g/mol. The third-order valence-electron chi connectivity index (χ3n) is 3.57. The second-order valence-electron chi connectivity index (χ2n) is 5.27. The van der Waals surface area contributed by atoms with Crippen LogP contribution in [0.2, 0.25) is 0 Å². The van der Waals surface area contributed by atoms with Crippen LogP contribution in [0.1, 0.15) is 17.3 Å². The quantitative estimate of drug-likeness (QED) is 0.635. The number of hydrogen-bond donors (Lipinski definition) is 1. The standard InChI is InChI=1S/C20H17BrN2/c21-19-11-5-10-18(13-19)17-9-4-6-15(12-17)14-23-20(22)16-7-2-1-3-8-16/h1-14,20H,22H2/b23-14+. The average Bonchev–Trinajstić information content (AvgIpc) is 2.61. The predicted octanol–water partition coefficient (Wildman–Crippen LogP) is 5.19. The summed E-state index contributed by atoms with van der Waals surface area (Å²) in [6, 6.07) is 26.4. The Labute approximate surface area is 144 Å². The maximum atomic E-state index is 6.11. The Bertz CT molecular complexity index is 813. The maximum Gasteiger partial charge on any atom is 0.123 e. The number of rotatable bonds is 4. The molecular formula is C20H17BrN2. The fourth-order valence-electron chi connectivity index (χ4n) is 2.37. The van der Waals surface area contributed by atoms with Crippen molar-refractivity contribution in [1.82, 2.24) is 0 Å². The van der Waals surface area contributed by atoms with Gasteiger partial charge in [0, 0.05) is 10.7 Å². The minimum atomic E-state index is -0.342. The number of benzene rings is 3. The zero-order chi connectivity index (χ0) is 16.1. The van der Waals surface area contributed by atoms with Crippen molar-refractivity contribution in [2.45, 2.75) is 6.17 Å². The molecule has 0 radical (unpaired) electrons. The first-order chi connectivity index (χ1) is 11.2. The predicted molar refractivity (Wildman–Crippen MR) is 101 cm³/mol. The van der Waals surface area contributed by atoms with Crippen molar-refractivity contribution < 1.29 is 0 Å². The molecule has 0 aliphatic heterocycles. The second kappa shape index (κ2) is 7.36. The number of halogens is 1. The molecule has 2 N–H and O–H groups in total. The van der Waals surface area contributed by atoms with E-state index in [-0.39, 0.29) is 6.17 Å². The minimum Gasteiger partial charge on any atom is -0.306 e. The van der Waals surface area contributed by atoms with Gasteiger partial charge in [0.15, 0.2) is 0 Å². The zero-order valence-corrected chi connectivity index (χ0v) is 14.1. The van der Waals surface area contributed by atoms with Crippen LogP contribution in [0.3, 0.4) is 0 Å². The molecule has 0 bridgehead atoms. The van der Waals surface area contributed by atoms with Crippen molar-refractivity contribution in [3.63, 3.8) is 0 Å². The van der Waals surface area contributed by atoms with Gasteiger partial charge in [-0.25, -0.2) is 0 Å². The third kappa shape index (κ3) is 4.15. The first-order valence-corrected chi connectivity index (χ1v) is 8.21. The topological polar surface area (TPSA) is 38.4 Å². The van der Waals surface area contributed by atoms with Gasteiger partial charge in [0.05, 0.1) is 0 Å². The van der Waals surface area contributed by atoms with Gasteiger partial charge in [0.2, 0.25) is 0 Å². The highest BCUT2D eigenvalue weighted by molar-refractivity contribution is 9.10. The number of hydrogen-bond acceptors (Lipinski definition) is 2. The normalized spacial score (nSPS) is 12.4. The molecule has 1 unspecified atom stereocenters. The Balaban J connectivity index is 1.82. The summed E-state index contributed by atoms with van der Waals surface area (Å²) < 4.78 is 1.07. The summed E-state index contributed by atoms with van der Waals surface area (Å²) in [6.07, 6.45) is 1.49. The smallest absolute Gasteiger partial charge is 0.123 e. The molecule has 0 aliphatic rings. The van der Waals surface area contributed by atoms with E-state index in [0.717, 1.165) is 21.2 Å². The molecule has 0 heterocycles. The largest absolute Gasteiger partial charge is 0.306 e. The molecule has 0 fully saturated rings. The summed E-state index contributed by atoms with van der Waals surface area (Å²) in [6.45, 7) is 0. The van der Waals surface area contributed by atoms with E-state index in [9.17, 15) is 0 Å². The van der Waals surface area contributed by atoms with Crippen LogP contribution in [0.15, 0.2) is 88.3 Å². The molecule has 3 aromatic carbocycles. The van der Waals surface area contributed by atoms with Crippen LogP contribution in [0.5, 0.6) is 0 Å². The van der Waals surface area contributed by atoms with Gasteiger partial charge in [-0.3, -0.25) is 4.99 Å². The summed E-state index contributed by atoms with van der Waals surface area (Å²) in [5, 5.41) is 0. The van der Waals surface area contributed by atoms with E-state index < -0.39 is 0 Å². The number of nitrogens with two attached hydrogens (primary N) is 1. The van der Waals surface area contributed by atoms with Crippen molar-refractivity contribution in [1.29, 1.82) is 0 Å². The van der Waals surface area contributed by atoms with Crippen LogP contribution in [0.4, 0.5) is 0 Å². The summed E-state index contributed by atoms with van der Waals surface area (Å²) >= 11 is 3.51. The molecule has 0 aromatic heterocycles. The Hall–Kier alpha value is -2.23. The van der Waals surface area contributed by atoms with Gasteiger partial charge in [0.25, 0.3) is 0 Å². The molecule has 0 saturated carbocycles. The molecule has 0 amide bonds. The van der Waals surface area contributed by atoms with Gasteiger partial charge in [-0.1, -0.05) is 76.6 Å². The summed E-state index contributed by atoms with van der Waals surface area (Å²) in [5.41, 5.74) is 10.5. The van der Waals surface area contributed by atoms with Crippen molar-refractivity contribution >= 4 is 22.1 Å². The molecule has 2 nitrogen and oxygen atoms in total. The highest BCUT2D eigenvalue weighted by atomic mass is 79.9. The van der Waals surface area contributed by atoms with Gasteiger partial charge in [0.1, 0.15) is 6.17 Å². The van der Waals surface area contributed by atoms with Crippen LogP contribution < -0.4 is 5.73 Å². The van der Waals surface area contributed by atoms with Crippen LogP contribution >= 0.6 is 15.9 Å². The van der Waals surface area contributed by atoms with E-state index in [4.69, 9.17) is 5.73 Å². The summed E-state index contributed by atoms with van der Waals surface area (Å²) in [4.78, 5) is 4.46. The highest BCUT2D eigenvalue weighted by Crippen LogP contribution is 2.23. The van der Waals surface area contributed by atoms with Crippen LogP contribution in [-0.2, 0) is 0 Å². The Morgan fingerprint density at radius 2 is 1.52 bits per heavy atom. The molecule has 23 heavy (non-hydrogen) atoms. The van der Waals surface area contributed by atoms with Crippen molar-refractivity contribution in [2.24, 2.45) is 10.7 Å². The van der Waals surface area contributed by atoms with Crippen LogP contribution in [0.25, 0.3) is 11.1 Å². The lowest BCUT2D eigenvalue weighted by Crippen LogP contribution is -2.07. The molecule has 3 rings (SSSR count). The van der Waals surface area contributed by atoms with Gasteiger partial charge >= 0.3 is 0 Å². The molecule has 1 atom stereocenters. The number of nitrogens with zero attached hydrogens (tertiary/aromatic N) is 1. The fourth-order valence-corrected chi connectivity index (χ4v) is 2.77. The fraction of sp³-hybridized carbons (Fsp3) is 0.0500. The SMILES string of the molecule is NC(/N=C/c1cccc(-c2cccc(Br)c2)c1)c1ccccc1. The van der Waals surface area contributed by atoms with E-state index >= 15 is 0 Å². The second-order valence-corrected chi connectivity index (χ2v) is 6.19. The Morgan fingerprint density at radius 1 is 0.826 bits per heavy atom. The molecular weight excluding hydrogens is 348 g/mol. The molecule has 0 aliphatic carbocycles. The average molecular weight is 365 g/mol. The Morgan fingerprint density at radius 3 is 2.26 bits per heavy atom. The van der Waals surface area contributed by atoms with E-state index in [2.05, 4.69) is 45.2 Å². The molecule has 0 spiro atoms. The molecule has 3 heteroatoms. The van der Waals surface area contributed by atoms with Gasteiger partial charge in [-0.05, 0) is 40.5 Å². The van der Waals surface area contributed by atoms with Gasteiger partial charge in [-0.2, -0.15) is 0 Å². The molecule has 114 valence electrons. The lowest BCUT2D eigenvalue weighted by molar-refractivity contribution is 0.780. The van der Waals surface area contributed by atoms with Crippen molar-refractivity contribution in [3.8, 4) is 11.1 Å². The van der Waals surface area contributed by atoms with E-state index in [1.165, 1.54) is 5.56 Å². The van der Waals surface area contributed by atoms with Crippen molar-refractivity contribution in [2.75, 3.05) is 0 Å². The van der Waals surface area contributed by atoms with E-state index in [0.29, 0.717) is 0 Å². The van der Waals surface area contributed by atoms with Crippen LogP contribution in [-0.4, -0.2) is 6.21 Å². The summed E-state index contributed by atoms with van der Waals surface area (Å²) in [5.74, 6) is 0. The zero-order valence-electron chi connectivity index (χ0n) is 12.6. The first kappa shape index (κ1) is 15.7. The number of aliphatic imine (C=N–C) groups is 1. The maximum absolute atomic E-state index is 6.11. The van der Waals surface area contributed by atoms with E-state index in [1.54, 1.807) is 0 Å². The van der Waals surface area contributed by atoms with E-state index in [1.807, 2.05) is 60.8 Å². The lowest BCUT2D eigenvalue weighted by Gasteiger charge is -2.07. The molecule has 0 saturated heterocycles. The van der Waals surface area contributed by atoms with Crippen LogP contribution in [0, 0.1) is 0 Å². The van der Waals surface area contributed by atoms with Gasteiger partial charge < -0.3 is 5.73 Å². The lowest BCUT2D eigenvalue weighted by atomic mass is 10.0. The molecule has 3 aromatic rings. The minimum absolute atomic E-state index is 0.342. The van der Waals surface area contributed by atoms with Gasteiger partial charge in [-0.15, -0.1) is 0 Å². The summed E-state index contributed by atoms with van der Waals surface area (Å²) in [7, 11) is 0. The highest BCUT2D eigenvalue weighted by Gasteiger charge is 2.02. The Kier molecular flexibility index (Phi) is 5.01. The van der Waals surface area contributed by atoms with Crippen molar-refractivity contribution in [3.05, 3.63) is 94.5 Å².